The highest BCUT2D eigenvalue weighted by Gasteiger charge is 2.36. The molecule has 0 spiro atoms. The molecule has 31 heavy (non-hydrogen) atoms. The van der Waals surface area contributed by atoms with E-state index in [2.05, 4.69) is 20.3 Å². The maximum Gasteiger partial charge on any atom is 0.434 e. The van der Waals surface area contributed by atoms with Gasteiger partial charge in [-0.25, -0.2) is 22.8 Å². The second kappa shape index (κ2) is 8.29. The third-order valence-electron chi connectivity index (χ3n) is 4.17. The van der Waals surface area contributed by atoms with Crippen LogP contribution in [-0.2, 0) is 16.0 Å². The molecule has 2 N–H and O–H groups in total. The van der Waals surface area contributed by atoms with Gasteiger partial charge in [-0.05, 0) is 36.8 Å². The van der Waals surface area contributed by atoms with Gasteiger partial charge in [-0.15, -0.1) is 0 Å². The number of sulfone groups is 1. The first-order valence-corrected chi connectivity index (χ1v) is 11.1. The van der Waals surface area contributed by atoms with Crippen LogP contribution in [0.2, 0.25) is 10.0 Å². The monoisotopic (exact) mass is 496 g/mol. The molecule has 0 aliphatic heterocycles. The van der Waals surface area contributed by atoms with Gasteiger partial charge in [0.25, 0.3) is 0 Å². The molecule has 1 atom stereocenters. The molecule has 0 bridgehead atoms. The van der Waals surface area contributed by atoms with Crippen molar-refractivity contribution in [3.8, 4) is 0 Å². The zero-order valence-electron chi connectivity index (χ0n) is 15.9. The van der Waals surface area contributed by atoms with Crippen molar-refractivity contribution in [1.82, 2.24) is 15.0 Å². The average molecular weight is 497 g/mol. The van der Waals surface area contributed by atoms with Crippen molar-refractivity contribution in [3.63, 3.8) is 0 Å². The Morgan fingerprint density at radius 3 is 2.32 bits per heavy atom. The number of rotatable bonds is 5. The van der Waals surface area contributed by atoms with Crippen LogP contribution < -0.4 is 5.32 Å². The zero-order valence-corrected chi connectivity index (χ0v) is 18.2. The molecule has 0 aliphatic carbocycles. The number of imidazole rings is 1. The molecule has 6 nitrogen and oxygen atoms in total. The van der Waals surface area contributed by atoms with E-state index in [4.69, 9.17) is 23.2 Å². The fourth-order valence-electron chi connectivity index (χ4n) is 2.84. The normalized spacial score (nSPS) is 13.3. The van der Waals surface area contributed by atoms with Gasteiger partial charge in [0.2, 0.25) is 0 Å². The SMILES string of the molecule is Cc1[nH]c([C@@H](Nc2ccc(Cl)c(C(F)(F)F)n2)c2ccc(F)c(Cl)c2)nc1S(C)(=O)=O. The minimum Gasteiger partial charge on any atom is -0.356 e. The summed E-state index contributed by atoms with van der Waals surface area (Å²) in [5, 5.41) is 1.69. The third kappa shape index (κ3) is 5.10. The minimum atomic E-state index is -4.80. The highest BCUT2D eigenvalue weighted by atomic mass is 35.5. The number of pyridine rings is 1. The van der Waals surface area contributed by atoms with Gasteiger partial charge in [0.05, 0.1) is 15.7 Å². The Balaban J connectivity index is 2.13. The third-order valence-corrected chi connectivity index (χ3v) is 5.86. The molecule has 2 heterocycles. The number of benzene rings is 1. The van der Waals surface area contributed by atoms with Crippen molar-refractivity contribution >= 4 is 38.9 Å². The van der Waals surface area contributed by atoms with Gasteiger partial charge in [-0.3, -0.25) is 0 Å². The van der Waals surface area contributed by atoms with Gasteiger partial charge in [0, 0.05) is 6.26 Å². The molecule has 0 fully saturated rings. The predicted octanol–water partition coefficient (Wildman–Crippen LogP) is 5.18. The second-order valence-electron chi connectivity index (χ2n) is 6.60. The number of aromatic nitrogens is 3. The van der Waals surface area contributed by atoms with E-state index in [0.29, 0.717) is 5.56 Å². The molecule has 0 radical (unpaired) electrons. The fraction of sp³-hybridized carbons (Fsp3) is 0.222. The smallest absolute Gasteiger partial charge is 0.356 e. The topological polar surface area (TPSA) is 87.7 Å². The first-order chi connectivity index (χ1) is 14.3. The standard InChI is InChI=1S/C18H14Cl2F4N4O2S/c1-8-17(31(2,29)30)28-16(25-8)14(9-3-5-12(21)11(20)7-9)26-13-6-4-10(19)15(27-13)18(22,23)24/h3-7,14H,1-2H3,(H,25,28)(H,26,27)/t14-/m0/s1. The highest BCUT2D eigenvalue weighted by Crippen LogP contribution is 2.35. The van der Waals surface area contributed by atoms with Crippen molar-refractivity contribution in [2.24, 2.45) is 0 Å². The van der Waals surface area contributed by atoms with Crippen LogP contribution >= 0.6 is 23.2 Å². The van der Waals surface area contributed by atoms with Crippen LogP contribution in [0.5, 0.6) is 0 Å². The molecule has 0 aliphatic rings. The summed E-state index contributed by atoms with van der Waals surface area (Å²) in [6.45, 7) is 1.48. The number of aryl methyl sites for hydroxylation is 1. The van der Waals surface area contributed by atoms with Crippen LogP contribution in [-0.4, -0.2) is 29.6 Å². The number of nitrogens with zero attached hydrogens (tertiary/aromatic N) is 2. The van der Waals surface area contributed by atoms with E-state index in [1.807, 2.05) is 0 Å². The largest absolute Gasteiger partial charge is 0.434 e. The summed E-state index contributed by atoms with van der Waals surface area (Å²) in [4.78, 5) is 10.4. The molecule has 0 amide bonds. The van der Waals surface area contributed by atoms with Crippen molar-refractivity contribution in [3.05, 3.63) is 69.0 Å². The van der Waals surface area contributed by atoms with E-state index in [1.165, 1.54) is 25.1 Å². The molecule has 0 saturated heterocycles. The summed E-state index contributed by atoms with van der Waals surface area (Å²) in [7, 11) is -3.69. The first-order valence-electron chi connectivity index (χ1n) is 8.49. The molecule has 13 heteroatoms. The Morgan fingerprint density at radius 1 is 1.10 bits per heavy atom. The van der Waals surface area contributed by atoms with Gasteiger partial charge < -0.3 is 10.3 Å². The Kier molecular flexibility index (Phi) is 6.23. The van der Waals surface area contributed by atoms with Crippen LogP contribution in [0.1, 0.15) is 28.8 Å². The summed E-state index contributed by atoms with van der Waals surface area (Å²) < 4.78 is 77.1. The molecule has 166 valence electrons. The highest BCUT2D eigenvalue weighted by molar-refractivity contribution is 7.90. The van der Waals surface area contributed by atoms with Gasteiger partial charge in [0.15, 0.2) is 20.6 Å². The summed E-state index contributed by atoms with van der Waals surface area (Å²) in [5.74, 6) is -0.886. The number of hydrogen-bond acceptors (Lipinski definition) is 5. The Morgan fingerprint density at radius 2 is 1.77 bits per heavy atom. The second-order valence-corrected chi connectivity index (χ2v) is 9.35. The number of hydrogen-bond donors (Lipinski definition) is 2. The number of nitrogens with one attached hydrogen (secondary N) is 2. The van der Waals surface area contributed by atoms with E-state index in [1.54, 1.807) is 0 Å². The van der Waals surface area contributed by atoms with Crippen molar-refractivity contribution in [1.29, 1.82) is 0 Å². The Labute approximate surface area is 184 Å². The van der Waals surface area contributed by atoms with Crippen LogP contribution in [0.3, 0.4) is 0 Å². The molecule has 1 aromatic carbocycles. The number of anilines is 1. The first kappa shape index (κ1) is 23.3. The maximum absolute atomic E-state index is 13.6. The van der Waals surface area contributed by atoms with E-state index >= 15 is 0 Å². The van der Waals surface area contributed by atoms with Gasteiger partial charge in [-0.1, -0.05) is 29.3 Å². The lowest BCUT2D eigenvalue weighted by molar-refractivity contribution is -0.141. The quantitative estimate of drug-likeness (QED) is 0.475. The number of alkyl halides is 3. The van der Waals surface area contributed by atoms with Crippen LogP contribution in [0, 0.1) is 12.7 Å². The maximum atomic E-state index is 13.6. The number of halogens is 6. The lowest BCUT2D eigenvalue weighted by atomic mass is 10.1. The molecule has 0 unspecified atom stereocenters. The number of H-pyrrole nitrogens is 1. The predicted molar refractivity (Wildman–Crippen MR) is 108 cm³/mol. The fourth-order valence-corrected chi connectivity index (χ4v) is 4.11. The van der Waals surface area contributed by atoms with Crippen LogP contribution in [0.25, 0.3) is 0 Å². The summed E-state index contributed by atoms with van der Waals surface area (Å²) in [6.07, 6.45) is -3.83. The molecular formula is C18H14Cl2F4N4O2S. The molecule has 3 rings (SSSR count). The van der Waals surface area contributed by atoms with Gasteiger partial charge in [0.1, 0.15) is 23.5 Å². The van der Waals surface area contributed by atoms with Crippen molar-refractivity contribution in [2.75, 3.05) is 11.6 Å². The van der Waals surface area contributed by atoms with Gasteiger partial charge in [-0.2, -0.15) is 13.2 Å². The van der Waals surface area contributed by atoms with Crippen LogP contribution in [0.15, 0.2) is 35.4 Å². The summed E-state index contributed by atoms with van der Waals surface area (Å²) in [6, 6.07) is 4.83. The van der Waals surface area contributed by atoms with E-state index < -0.39 is 38.6 Å². The van der Waals surface area contributed by atoms with Crippen molar-refractivity contribution in [2.45, 2.75) is 24.2 Å². The minimum absolute atomic E-state index is 0.0471. The summed E-state index contributed by atoms with van der Waals surface area (Å²) in [5.41, 5.74) is -0.787. The Hall–Kier alpha value is -2.37. The lowest BCUT2D eigenvalue weighted by Crippen LogP contribution is -2.17. The Bertz CT molecular complexity index is 1250. The molecule has 2 aromatic heterocycles. The average Bonchev–Trinajstić information content (AvgIpc) is 3.04. The molecular weight excluding hydrogens is 483 g/mol. The molecule has 3 aromatic rings. The van der Waals surface area contributed by atoms with Gasteiger partial charge >= 0.3 is 6.18 Å². The van der Waals surface area contributed by atoms with E-state index in [9.17, 15) is 26.0 Å². The summed E-state index contributed by atoms with van der Waals surface area (Å²) >= 11 is 11.5. The zero-order chi connectivity index (χ0) is 23.1. The van der Waals surface area contributed by atoms with Crippen molar-refractivity contribution < 1.29 is 26.0 Å². The van der Waals surface area contributed by atoms with E-state index in [-0.39, 0.29) is 27.4 Å². The number of aromatic amines is 1. The van der Waals surface area contributed by atoms with Crippen LogP contribution in [0.4, 0.5) is 23.4 Å². The lowest BCUT2D eigenvalue weighted by Gasteiger charge is -2.19. The van der Waals surface area contributed by atoms with E-state index in [0.717, 1.165) is 18.4 Å². The molecule has 0 saturated carbocycles.